The van der Waals surface area contributed by atoms with Crippen molar-refractivity contribution in [2.75, 3.05) is 6.54 Å². The highest BCUT2D eigenvalue weighted by Gasteiger charge is 2.32. The number of carboxylic acid groups (broad SMARTS) is 1. The van der Waals surface area contributed by atoms with E-state index in [1.165, 1.54) is 11.3 Å². The number of amides is 2. The Kier molecular flexibility index (Phi) is 5.90. The van der Waals surface area contributed by atoms with E-state index in [0.29, 0.717) is 4.88 Å². The minimum absolute atomic E-state index is 0.0387. The van der Waals surface area contributed by atoms with E-state index in [1.54, 1.807) is 38.3 Å². The second kappa shape index (κ2) is 7.21. The third kappa shape index (κ3) is 5.55. The maximum Gasteiger partial charge on any atom is 0.326 e. The molecule has 116 valence electrons. The van der Waals surface area contributed by atoms with Crippen molar-refractivity contribution in [3.05, 3.63) is 22.4 Å². The van der Waals surface area contributed by atoms with Crippen molar-refractivity contribution in [3.8, 4) is 0 Å². The predicted molar refractivity (Wildman–Crippen MR) is 80.3 cm³/mol. The van der Waals surface area contributed by atoms with Gasteiger partial charge in [0.25, 0.3) is 5.91 Å². The molecule has 1 aromatic rings. The molecule has 7 heteroatoms. The Morgan fingerprint density at radius 3 is 2.48 bits per heavy atom. The molecule has 1 atom stereocenters. The predicted octanol–water partition coefficient (Wildman–Crippen LogP) is 1.48. The van der Waals surface area contributed by atoms with Crippen LogP contribution in [0.15, 0.2) is 17.5 Å². The topological polar surface area (TPSA) is 95.5 Å². The van der Waals surface area contributed by atoms with Gasteiger partial charge in [-0.2, -0.15) is 0 Å². The molecular weight excluding hydrogens is 292 g/mol. The maximum atomic E-state index is 11.7. The van der Waals surface area contributed by atoms with Crippen LogP contribution in [0.1, 0.15) is 36.9 Å². The zero-order valence-electron chi connectivity index (χ0n) is 12.3. The summed E-state index contributed by atoms with van der Waals surface area (Å²) in [7, 11) is 0. The number of hydrogen-bond acceptors (Lipinski definition) is 4. The molecule has 0 spiro atoms. The molecule has 0 aliphatic carbocycles. The zero-order valence-corrected chi connectivity index (χ0v) is 13.1. The summed E-state index contributed by atoms with van der Waals surface area (Å²) in [6.07, 6.45) is 0.0387. The number of hydrogen-bond donors (Lipinski definition) is 3. The van der Waals surface area contributed by atoms with Crippen LogP contribution in [0.25, 0.3) is 0 Å². The quantitative estimate of drug-likeness (QED) is 0.741. The number of thiophene rings is 1. The van der Waals surface area contributed by atoms with E-state index in [9.17, 15) is 14.4 Å². The normalized spacial score (nSPS) is 12.5. The van der Waals surface area contributed by atoms with Gasteiger partial charge in [-0.15, -0.1) is 11.3 Å². The fourth-order valence-corrected chi connectivity index (χ4v) is 2.31. The highest BCUT2D eigenvalue weighted by Crippen LogP contribution is 2.19. The Morgan fingerprint density at radius 1 is 1.33 bits per heavy atom. The largest absolute Gasteiger partial charge is 0.480 e. The van der Waals surface area contributed by atoms with E-state index in [1.807, 2.05) is 0 Å². The van der Waals surface area contributed by atoms with Gasteiger partial charge in [0, 0.05) is 13.0 Å². The van der Waals surface area contributed by atoms with Crippen molar-refractivity contribution in [1.29, 1.82) is 0 Å². The minimum Gasteiger partial charge on any atom is -0.480 e. The molecule has 0 aromatic carbocycles. The van der Waals surface area contributed by atoms with Crippen molar-refractivity contribution in [3.63, 3.8) is 0 Å². The summed E-state index contributed by atoms with van der Waals surface area (Å²) in [4.78, 5) is 35.1. The van der Waals surface area contributed by atoms with E-state index in [-0.39, 0.29) is 18.9 Å². The lowest BCUT2D eigenvalue weighted by Crippen LogP contribution is -2.49. The standard InChI is InChI=1S/C14H20N2O4S/c1-14(2,3)11(13(19)20)16-10(17)6-7-15-12(18)9-5-4-8-21-9/h4-5,8,11H,6-7H2,1-3H3,(H,15,18)(H,16,17)(H,19,20)/t11-/m0/s1. The van der Waals surface area contributed by atoms with Gasteiger partial charge < -0.3 is 15.7 Å². The number of carboxylic acids is 1. The first-order chi connectivity index (χ1) is 9.71. The van der Waals surface area contributed by atoms with Crippen LogP contribution in [-0.2, 0) is 9.59 Å². The third-order valence-electron chi connectivity index (χ3n) is 2.80. The Morgan fingerprint density at radius 2 is 2.00 bits per heavy atom. The fourth-order valence-electron chi connectivity index (χ4n) is 1.67. The monoisotopic (exact) mass is 312 g/mol. The summed E-state index contributed by atoms with van der Waals surface area (Å²) in [5, 5.41) is 16.0. The van der Waals surface area contributed by atoms with Crippen LogP contribution in [0, 0.1) is 5.41 Å². The lowest BCUT2D eigenvalue weighted by Gasteiger charge is -2.27. The fraction of sp³-hybridized carbons (Fsp3) is 0.500. The summed E-state index contributed by atoms with van der Waals surface area (Å²) >= 11 is 1.32. The number of rotatable bonds is 6. The Labute approximate surface area is 127 Å². The van der Waals surface area contributed by atoms with Crippen LogP contribution < -0.4 is 10.6 Å². The lowest BCUT2D eigenvalue weighted by atomic mass is 9.86. The van der Waals surface area contributed by atoms with Gasteiger partial charge >= 0.3 is 5.97 Å². The Balaban J connectivity index is 2.40. The van der Waals surface area contributed by atoms with Gasteiger partial charge in [-0.25, -0.2) is 4.79 Å². The van der Waals surface area contributed by atoms with Crippen molar-refractivity contribution in [2.24, 2.45) is 5.41 Å². The van der Waals surface area contributed by atoms with Crippen molar-refractivity contribution in [1.82, 2.24) is 10.6 Å². The van der Waals surface area contributed by atoms with Crippen LogP contribution in [-0.4, -0.2) is 35.5 Å². The molecule has 0 saturated heterocycles. The van der Waals surface area contributed by atoms with Crippen LogP contribution in [0.5, 0.6) is 0 Å². The second-order valence-electron chi connectivity index (χ2n) is 5.69. The minimum atomic E-state index is -1.07. The van der Waals surface area contributed by atoms with Gasteiger partial charge in [-0.05, 0) is 16.9 Å². The van der Waals surface area contributed by atoms with Crippen molar-refractivity contribution < 1.29 is 19.5 Å². The van der Waals surface area contributed by atoms with Gasteiger partial charge in [-0.1, -0.05) is 26.8 Å². The lowest BCUT2D eigenvalue weighted by molar-refractivity contribution is -0.144. The SMILES string of the molecule is CC(C)(C)[C@@H](NC(=O)CCNC(=O)c1cccs1)C(=O)O. The smallest absolute Gasteiger partial charge is 0.326 e. The van der Waals surface area contributed by atoms with Gasteiger partial charge in [-0.3, -0.25) is 9.59 Å². The van der Waals surface area contributed by atoms with Crippen LogP contribution in [0.3, 0.4) is 0 Å². The maximum absolute atomic E-state index is 11.7. The summed E-state index contributed by atoms with van der Waals surface area (Å²) in [5.74, 6) is -1.70. The molecule has 0 aliphatic heterocycles. The summed E-state index contributed by atoms with van der Waals surface area (Å²) < 4.78 is 0. The molecule has 0 fully saturated rings. The van der Waals surface area contributed by atoms with E-state index >= 15 is 0 Å². The molecular formula is C14H20N2O4S. The van der Waals surface area contributed by atoms with Gasteiger partial charge in [0.05, 0.1) is 4.88 Å². The third-order valence-corrected chi connectivity index (χ3v) is 3.67. The first-order valence-corrected chi connectivity index (χ1v) is 7.43. The molecule has 2 amide bonds. The zero-order chi connectivity index (χ0) is 16.0. The number of aliphatic carboxylic acids is 1. The molecule has 1 rings (SSSR count). The first-order valence-electron chi connectivity index (χ1n) is 6.55. The average Bonchev–Trinajstić information content (AvgIpc) is 2.87. The molecule has 6 nitrogen and oxygen atoms in total. The number of carbonyl (C=O) groups is 3. The van der Waals surface area contributed by atoms with Crippen LogP contribution >= 0.6 is 11.3 Å². The molecule has 0 unspecified atom stereocenters. The van der Waals surface area contributed by atoms with Gasteiger partial charge in [0.15, 0.2) is 0 Å². The summed E-state index contributed by atoms with van der Waals surface area (Å²) in [6.45, 7) is 5.39. The van der Waals surface area contributed by atoms with Crippen molar-refractivity contribution >= 4 is 29.1 Å². The van der Waals surface area contributed by atoms with Crippen LogP contribution in [0.2, 0.25) is 0 Å². The Hall–Kier alpha value is -1.89. The van der Waals surface area contributed by atoms with E-state index in [4.69, 9.17) is 5.11 Å². The summed E-state index contributed by atoms with van der Waals surface area (Å²) in [5.41, 5.74) is -0.582. The Bertz CT molecular complexity index is 506. The molecule has 21 heavy (non-hydrogen) atoms. The molecule has 0 radical (unpaired) electrons. The molecule has 1 heterocycles. The number of nitrogens with one attached hydrogen (secondary N) is 2. The van der Waals surface area contributed by atoms with E-state index in [2.05, 4.69) is 10.6 Å². The van der Waals surface area contributed by atoms with Gasteiger partial charge in [0.1, 0.15) is 6.04 Å². The van der Waals surface area contributed by atoms with Gasteiger partial charge in [0.2, 0.25) is 5.91 Å². The molecule has 0 saturated carbocycles. The first kappa shape index (κ1) is 17.2. The molecule has 0 aliphatic rings. The molecule has 1 aromatic heterocycles. The highest BCUT2D eigenvalue weighted by molar-refractivity contribution is 7.12. The van der Waals surface area contributed by atoms with E-state index in [0.717, 1.165) is 0 Å². The molecule has 3 N–H and O–H groups in total. The number of carbonyl (C=O) groups excluding carboxylic acids is 2. The average molecular weight is 312 g/mol. The highest BCUT2D eigenvalue weighted by atomic mass is 32.1. The van der Waals surface area contributed by atoms with Crippen molar-refractivity contribution in [2.45, 2.75) is 33.2 Å². The summed E-state index contributed by atoms with van der Waals surface area (Å²) in [6, 6.07) is 2.51. The second-order valence-corrected chi connectivity index (χ2v) is 6.64. The van der Waals surface area contributed by atoms with Crippen LogP contribution in [0.4, 0.5) is 0 Å². The molecule has 0 bridgehead atoms. The van der Waals surface area contributed by atoms with E-state index < -0.39 is 23.3 Å².